The summed E-state index contributed by atoms with van der Waals surface area (Å²) in [6, 6.07) is 9.97. The topological polar surface area (TPSA) is 84.2 Å². The summed E-state index contributed by atoms with van der Waals surface area (Å²) in [7, 11) is 0. The van der Waals surface area contributed by atoms with Gasteiger partial charge in [0.2, 0.25) is 11.8 Å². The number of carbonyl (C=O) groups is 2. The van der Waals surface area contributed by atoms with Gasteiger partial charge >= 0.3 is 0 Å². The van der Waals surface area contributed by atoms with E-state index < -0.39 is 0 Å². The molecule has 2 fully saturated rings. The van der Waals surface area contributed by atoms with E-state index in [1.165, 1.54) is 5.56 Å². The summed E-state index contributed by atoms with van der Waals surface area (Å²) in [6.07, 6.45) is 3.65. The molecule has 0 spiro atoms. The van der Waals surface area contributed by atoms with Crippen LogP contribution in [0.25, 0.3) is 11.2 Å². The number of aromatic nitrogens is 4. The van der Waals surface area contributed by atoms with Gasteiger partial charge in [-0.05, 0) is 62.1 Å². The Morgan fingerprint density at radius 2 is 1.90 bits per heavy atom. The van der Waals surface area contributed by atoms with Crippen molar-refractivity contribution in [2.24, 2.45) is 5.92 Å². The second kappa shape index (κ2) is 7.76. The highest BCUT2D eigenvalue weighted by atomic mass is 16.2. The quantitative estimate of drug-likeness (QED) is 0.653. The SMILES string of the molecule is Cc1ccc(N2CC(C(=O)N3CCC(n4nnc5cccnc54)CC3)CC2=O)cc1C. The van der Waals surface area contributed by atoms with Crippen LogP contribution in [-0.4, -0.2) is 56.3 Å². The summed E-state index contributed by atoms with van der Waals surface area (Å²) in [5.41, 5.74) is 4.81. The Kier molecular flexibility index (Phi) is 4.92. The van der Waals surface area contributed by atoms with Crippen molar-refractivity contribution in [3.05, 3.63) is 47.7 Å². The van der Waals surface area contributed by atoms with Crippen LogP contribution < -0.4 is 4.90 Å². The maximum absolute atomic E-state index is 13.1. The molecular formula is C23H26N6O2. The normalized spacial score (nSPS) is 20.1. The average molecular weight is 419 g/mol. The number of fused-ring (bicyclic) bond motifs is 1. The molecule has 8 heteroatoms. The molecule has 0 saturated carbocycles. The summed E-state index contributed by atoms with van der Waals surface area (Å²) in [6.45, 7) is 5.87. The number of hydrogen-bond donors (Lipinski definition) is 0. The summed E-state index contributed by atoms with van der Waals surface area (Å²) in [4.78, 5) is 33.9. The number of amides is 2. The lowest BCUT2D eigenvalue weighted by molar-refractivity contribution is -0.137. The van der Waals surface area contributed by atoms with E-state index in [-0.39, 0.29) is 30.2 Å². The standard InChI is InChI=1S/C23H26N6O2/c1-15-5-6-19(12-16(15)2)28-14-17(13-21(28)30)23(31)27-10-7-18(8-11-27)29-22-20(25-26-29)4-3-9-24-22/h3-6,9,12,17-18H,7-8,10-11,13-14H2,1-2H3. The first-order chi connectivity index (χ1) is 15.0. The van der Waals surface area contributed by atoms with Gasteiger partial charge in [-0.15, -0.1) is 5.10 Å². The third kappa shape index (κ3) is 3.56. The first-order valence-corrected chi connectivity index (χ1v) is 10.8. The van der Waals surface area contributed by atoms with E-state index in [0.29, 0.717) is 19.6 Å². The zero-order valence-corrected chi connectivity index (χ0v) is 17.9. The minimum Gasteiger partial charge on any atom is -0.342 e. The van der Waals surface area contributed by atoms with Gasteiger partial charge in [0.05, 0.1) is 12.0 Å². The molecule has 3 aromatic rings. The first-order valence-electron chi connectivity index (χ1n) is 10.8. The maximum atomic E-state index is 13.1. The van der Waals surface area contributed by atoms with Crippen LogP contribution in [0.1, 0.15) is 36.4 Å². The van der Waals surface area contributed by atoms with Gasteiger partial charge in [-0.3, -0.25) is 9.59 Å². The highest BCUT2D eigenvalue weighted by Gasteiger charge is 2.38. The van der Waals surface area contributed by atoms with Crippen LogP contribution >= 0.6 is 0 Å². The molecule has 0 radical (unpaired) electrons. The molecule has 2 aliphatic heterocycles. The van der Waals surface area contributed by atoms with Gasteiger partial charge in [-0.2, -0.15) is 0 Å². The van der Waals surface area contributed by atoms with Gasteiger partial charge in [0.15, 0.2) is 5.65 Å². The monoisotopic (exact) mass is 418 g/mol. The predicted octanol–water partition coefficient (Wildman–Crippen LogP) is 2.66. The molecule has 2 aromatic heterocycles. The van der Waals surface area contributed by atoms with Crippen LogP contribution in [0.4, 0.5) is 5.69 Å². The number of hydrogen-bond acceptors (Lipinski definition) is 5. The zero-order valence-electron chi connectivity index (χ0n) is 17.9. The predicted molar refractivity (Wildman–Crippen MR) is 117 cm³/mol. The minimum absolute atomic E-state index is 0.0247. The Hall–Kier alpha value is -3.29. The van der Waals surface area contributed by atoms with Crippen molar-refractivity contribution in [3.63, 3.8) is 0 Å². The van der Waals surface area contributed by atoms with Gasteiger partial charge in [0.25, 0.3) is 0 Å². The molecule has 5 rings (SSSR count). The molecule has 2 saturated heterocycles. The van der Waals surface area contributed by atoms with E-state index in [1.54, 1.807) is 11.1 Å². The van der Waals surface area contributed by atoms with Crippen molar-refractivity contribution >= 4 is 28.7 Å². The van der Waals surface area contributed by atoms with E-state index in [9.17, 15) is 9.59 Å². The highest BCUT2D eigenvalue weighted by molar-refractivity contribution is 6.00. The molecule has 0 aliphatic carbocycles. The van der Waals surface area contributed by atoms with Crippen molar-refractivity contribution in [1.82, 2.24) is 24.9 Å². The average Bonchev–Trinajstić information content (AvgIpc) is 3.39. The number of nitrogens with zero attached hydrogens (tertiary/aromatic N) is 6. The molecule has 160 valence electrons. The summed E-state index contributed by atoms with van der Waals surface area (Å²) < 4.78 is 1.89. The number of pyridine rings is 1. The van der Waals surface area contributed by atoms with Gasteiger partial charge < -0.3 is 9.80 Å². The molecule has 1 atom stereocenters. The van der Waals surface area contributed by atoms with Crippen molar-refractivity contribution in [3.8, 4) is 0 Å². The van der Waals surface area contributed by atoms with Gasteiger partial charge in [-0.1, -0.05) is 11.3 Å². The van der Waals surface area contributed by atoms with Crippen LogP contribution in [0.5, 0.6) is 0 Å². The number of rotatable bonds is 3. The van der Waals surface area contributed by atoms with Crippen LogP contribution in [-0.2, 0) is 9.59 Å². The van der Waals surface area contributed by atoms with E-state index in [1.807, 2.05) is 46.8 Å². The summed E-state index contributed by atoms with van der Waals surface area (Å²) in [5.74, 6) is -0.170. The fourth-order valence-corrected chi connectivity index (χ4v) is 4.63. The molecule has 0 N–H and O–H groups in total. The van der Waals surface area contributed by atoms with E-state index in [4.69, 9.17) is 0 Å². The van der Waals surface area contributed by atoms with Gasteiger partial charge in [0, 0.05) is 37.9 Å². The second-order valence-electron chi connectivity index (χ2n) is 8.61. The molecule has 31 heavy (non-hydrogen) atoms. The van der Waals surface area contributed by atoms with Gasteiger partial charge in [0.1, 0.15) is 5.52 Å². The fourth-order valence-electron chi connectivity index (χ4n) is 4.63. The largest absolute Gasteiger partial charge is 0.342 e. The third-order valence-electron chi connectivity index (χ3n) is 6.63. The van der Waals surface area contributed by atoms with E-state index >= 15 is 0 Å². The molecule has 1 aromatic carbocycles. The smallest absolute Gasteiger partial charge is 0.228 e. The van der Waals surface area contributed by atoms with Crippen molar-refractivity contribution in [2.45, 2.75) is 39.2 Å². The van der Waals surface area contributed by atoms with Crippen molar-refractivity contribution in [1.29, 1.82) is 0 Å². The number of aryl methyl sites for hydroxylation is 2. The Morgan fingerprint density at radius 3 is 2.68 bits per heavy atom. The number of carbonyl (C=O) groups excluding carboxylic acids is 2. The molecular weight excluding hydrogens is 392 g/mol. The van der Waals surface area contributed by atoms with Crippen molar-refractivity contribution < 1.29 is 9.59 Å². The van der Waals surface area contributed by atoms with Gasteiger partial charge in [-0.25, -0.2) is 9.67 Å². The van der Waals surface area contributed by atoms with Crippen LogP contribution in [0, 0.1) is 19.8 Å². The maximum Gasteiger partial charge on any atom is 0.228 e. The molecule has 2 aliphatic rings. The molecule has 0 bridgehead atoms. The second-order valence-corrected chi connectivity index (χ2v) is 8.61. The Bertz CT molecular complexity index is 1150. The Morgan fingerprint density at radius 1 is 1.10 bits per heavy atom. The number of piperidine rings is 1. The highest BCUT2D eigenvalue weighted by Crippen LogP contribution is 2.30. The summed E-state index contributed by atoms with van der Waals surface area (Å²) in [5, 5.41) is 8.48. The lowest BCUT2D eigenvalue weighted by Crippen LogP contribution is -2.43. The van der Waals surface area contributed by atoms with E-state index in [0.717, 1.165) is 35.3 Å². The Balaban J connectivity index is 1.23. The van der Waals surface area contributed by atoms with Crippen molar-refractivity contribution in [2.75, 3.05) is 24.5 Å². The Labute approximate surface area is 180 Å². The fraction of sp³-hybridized carbons (Fsp3) is 0.435. The molecule has 8 nitrogen and oxygen atoms in total. The van der Waals surface area contributed by atoms with Crippen LogP contribution in [0.2, 0.25) is 0 Å². The van der Waals surface area contributed by atoms with Crippen LogP contribution in [0.15, 0.2) is 36.5 Å². The summed E-state index contributed by atoms with van der Waals surface area (Å²) >= 11 is 0. The molecule has 2 amide bonds. The third-order valence-corrected chi connectivity index (χ3v) is 6.63. The number of benzene rings is 1. The first kappa shape index (κ1) is 19.7. The minimum atomic E-state index is -0.278. The van der Waals surface area contributed by atoms with Crippen LogP contribution in [0.3, 0.4) is 0 Å². The zero-order chi connectivity index (χ0) is 21.5. The number of likely N-dealkylation sites (tertiary alicyclic amines) is 1. The number of anilines is 1. The van der Waals surface area contributed by atoms with E-state index in [2.05, 4.69) is 22.2 Å². The molecule has 1 unspecified atom stereocenters. The lowest BCUT2D eigenvalue weighted by atomic mass is 10.0. The lowest BCUT2D eigenvalue weighted by Gasteiger charge is -2.33. The molecule has 4 heterocycles.